The number of carbonyl (C=O) groups excluding carboxylic acids is 1. The molecule has 0 aromatic heterocycles. The number of nitro benzene ring substituents is 1. The van der Waals surface area contributed by atoms with E-state index in [2.05, 4.69) is 0 Å². The van der Waals surface area contributed by atoms with Gasteiger partial charge >= 0.3 is 6.16 Å². The standard InChI is InChI=1S/C23H19ClN2O7S.C16H16ClNO3S/c24-17-6-13-21(14-7-17)34(30,31)25-19(8-5-16-3-1-2-4-22(16)25)15-32-23(27)33-20-11-9-18(10-12-20)26(28)29;17-13-6-9-15(10-7-13)22(20,21)18-14(11-19)8-5-12-3-1-2-4-16(12)18/h1-4,6-7,9-14,19H,5,8,15H2;1-4,6-7,9-10,14,19H,5,8,11H2. The molecule has 0 saturated heterocycles. The van der Waals surface area contributed by atoms with Crippen molar-refractivity contribution in [2.45, 2.75) is 47.6 Å². The number of aliphatic hydroxyl groups excluding tert-OH is 1. The molecule has 1 N–H and O–H groups in total. The molecule has 2 atom stereocenters. The summed E-state index contributed by atoms with van der Waals surface area (Å²) in [6.07, 6.45) is 1.34. The van der Waals surface area contributed by atoms with E-state index in [9.17, 15) is 36.9 Å². The Balaban J connectivity index is 0.000000208. The van der Waals surface area contributed by atoms with Crippen molar-refractivity contribution >= 4 is 66.5 Å². The number of non-ortho nitro benzene ring substituents is 1. The number of halogens is 2. The first-order chi connectivity index (χ1) is 26.8. The van der Waals surface area contributed by atoms with Gasteiger partial charge in [0.15, 0.2) is 0 Å². The molecule has 2 unspecified atom stereocenters. The number of carbonyl (C=O) groups is 1. The predicted molar refractivity (Wildman–Crippen MR) is 211 cm³/mol. The Morgan fingerprint density at radius 1 is 0.696 bits per heavy atom. The van der Waals surface area contributed by atoms with Gasteiger partial charge in [-0.2, -0.15) is 0 Å². The monoisotopic (exact) mass is 839 g/mol. The highest BCUT2D eigenvalue weighted by molar-refractivity contribution is 7.93. The summed E-state index contributed by atoms with van der Waals surface area (Å²) in [4.78, 5) is 22.6. The van der Waals surface area contributed by atoms with Crippen LogP contribution >= 0.6 is 23.2 Å². The van der Waals surface area contributed by atoms with Gasteiger partial charge in [-0.25, -0.2) is 21.6 Å². The highest BCUT2D eigenvalue weighted by atomic mass is 35.5. The minimum Gasteiger partial charge on any atom is -0.432 e. The quantitative estimate of drug-likeness (QED) is 0.0667. The zero-order valence-electron chi connectivity index (χ0n) is 29.5. The highest BCUT2D eigenvalue weighted by Crippen LogP contribution is 2.37. The molecule has 0 saturated carbocycles. The summed E-state index contributed by atoms with van der Waals surface area (Å²) in [6.45, 7) is -0.450. The molecular formula is C39H35Cl2N3O10S2. The van der Waals surface area contributed by atoms with Crippen molar-refractivity contribution in [2.75, 3.05) is 21.8 Å². The molecule has 56 heavy (non-hydrogen) atoms. The van der Waals surface area contributed by atoms with E-state index in [0.717, 1.165) is 17.5 Å². The first-order valence-corrected chi connectivity index (χ1v) is 20.9. The molecule has 5 aromatic carbocycles. The normalized spacial score (nSPS) is 16.4. The van der Waals surface area contributed by atoms with E-state index in [1.165, 1.54) is 69.3 Å². The molecule has 0 spiro atoms. The first-order valence-electron chi connectivity index (χ1n) is 17.3. The molecule has 292 valence electrons. The van der Waals surface area contributed by atoms with Crippen LogP contribution < -0.4 is 13.3 Å². The van der Waals surface area contributed by atoms with Crippen molar-refractivity contribution in [2.24, 2.45) is 0 Å². The zero-order valence-corrected chi connectivity index (χ0v) is 32.6. The number of sulfonamides is 2. The summed E-state index contributed by atoms with van der Waals surface area (Å²) in [7, 11) is -7.72. The van der Waals surface area contributed by atoms with Gasteiger partial charge in [0.2, 0.25) is 0 Å². The van der Waals surface area contributed by atoms with Gasteiger partial charge in [-0.1, -0.05) is 59.6 Å². The van der Waals surface area contributed by atoms with Crippen LogP contribution in [0.4, 0.5) is 21.9 Å². The molecule has 5 aromatic rings. The van der Waals surface area contributed by atoms with Gasteiger partial charge in [0, 0.05) is 22.2 Å². The molecule has 2 aliphatic rings. The van der Waals surface area contributed by atoms with Crippen molar-refractivity contribution in [3.8, 4) is 5.75 Å². The number of ether oxygens (including phenoxy) is 2. The topological polar surface area (TPSA) is 174 Å². The third kappa shape index (κ3) is 8.92. The van der Waals surface area contributed by atoms with Gasteiger partial charge in [-0.3, -0.25) is 18.7 Å². The number of nitro groups is 1. The maximum absolute atomic E-state index is 13.6. The number of aliphatic hydroxyl groups is 1. The van der Waals surface area contributed by atoms with Gasteiger partial charge in [0.05, 0.1) is 44.8 Å². The van der Waals surface area contributed by atoms with Crippen LogP contribution in [0.25, 0.3) is 0 Å². The average Bonchev–Trinajstić information content (AvgIpc) is 3.20. The van der Waals surface area contributed by atoms with Crippen molar-refractivity contribution in [1.29, 1.82) is 0 Å². The van der Waals surface area contributed by atoms with Gasteiger partial charge in [-0.05, 0) is 110 Å². The summed E-state index contributed by atoms with van der Waals surface area (Å²) in [5.74, 6) is 0.0650. The first kappa shape index (κ1) is 40.5. The Hall–Kier alpha value is -5.19. The van der Waals surface area contributed by atoms with Crippen LogP contribution in [0.1, 0.15) is 24.0 Å². The van der Waals surface area contributed by atoms with Crippen LogP contribution in [0.2, 0.25) is 10.0 Å². The lowest BCUT2D eigenvalue weighted by Crippen LogP contribution is -2.46. The molecule has 0 fully saturated rings. The number of anilines is 2. The number of rotatable bonds is 9. The molecule has 0 radical (unpaired) electrons. The minimum absolute atomic E-state index is 0.0621. The largest absolute Gasteiger partial charge is 0.513 e. The second kappa shape index (κ2) is 17.3. The number of benzene rings is 5. The van der Waals surface area contributed by atoms with Crippen LogP contribution in [0.15, 0.2) is 131 Å². The SMILES string of the molecule is O=C(OCC1CCc2ccccc2N1S(=O)(=O)c1ccc(Cl)cc1)Oc1ccc([N+](=O)[O-])cc1.O=S(=O)(c1ccc(Cl)cc1)N1c2ccccc2CCC1CO. The summed E-state index contributed by atoms with van der Waals surface area (Å²) in [6, 6.07) is 30.3. The number of hydrogen-bond donors (Lipinski definition) is 1. The van der Waals surface area contributed by atoms with Crippen LogP contribution in [0.3, 0.4) is 0 Å². The number of nitrogens with zero attached hydrogens (tertiary/aromatic N) is 3. The zero-order chi connectivity index (χ0) is 40.0. The second-order valence-electron chi connectivity index (χ2n) is 12.7. The van der Waals surface area contributed by atoms with E-state index in [1.54, 1.807) is 30.3 Å². The lowest BCUT2D eigenvalue weighted by Gasteiger charge is -2.37. The third-order valence-corrected chi connectivity index (χ3v) is 13.5. The lowest BCUT2D eigenvalue weighted by atomic mass is 9.98. The Bertz CT molecular complexity index is 2420. The van der Waals surface area contributed by atoms with Crippen molar-refractivity contribution in [3.05, 3.63) is 153 Å². The number of aryl methyl sites for hydroxylation is 2. The fraction of sp³-hybridized carbons (Fsp3) is 0.205. The van der Waals surface area contributed by atoms with Crippen LogP contribution in [-0.4, -0.2) is 58.3 Å². The number of hydrogen-bond acceptors (Lipinski definition) is 10. The van der Waals surface area contributed by atoms with Crippen LogP contribution in [-0.2, 0) is 37.6 Å². The third-order valence-electron chi connectivity index (χ3n) is 9.21. The van der Waals surface area contributed by atoms with Gasteiger partial charge in [-0.15, -0.1) is 0 Å². The Morgan fingerprint density at radius 2 is 1.14 bits per heavy atom. The molecule has 0 amide bonds. The predicted octanol–water partition coefficient (Wildman–Crippen LogP) is 7.82. The molecule has 7 rings (SSSR count). The molecule has 0 bridgehead atoms. The molecule has 13 nitrogen and oxygen atoms in total. The van der Waals surface area contributed by atoms with Crippen LogP contribution in [0, 0.1) is 10.1 Å². The van der Waals surface area contributed by atoms with E-state index in [0.29, 0.717) is 40.7 Å². The molecule has 2 aliphatic heterocycles. The highest BCUT2D eigenvalue weighted by Gasteiger charge is 2.38. The number of fused-ring (bicyclic) bond motifs is 2. The fourth-order valence-corrected chi connectivity index (χ4v) is 10.1. The maximum Gasteiger partial charge on any atom is 0.513 e. The lowest BCUT2D eigenvalue weighted by molar-refractivity contribution is -0.384. The Morgan fingerprint density at radius 3 is 1.61 bits per heavy atom. The van der Waals surface area contributed by atoms with E-state index in [1.807, 2.05) is 30.3 Å². The van der Waals surface area contributed by atoms with E-state index >= 15 is 0 Å². The van der Waals surface area contributed by atoms with Crippen molar-refractivity contribution in [3.63, 3.8) is 0 Å². The molecule has 17 heteroatoms. The molecule has 2 heterocycles. The van der Waals surface area contributed by atoms with Crippen molar-refractivity contribution in [1.82, 2.24) is 0 Å². The summed E-state index contributed by atoms with van der Waals surface area (Å²) < 4.78 is 66.0. The van der Waals surface area contributed by atoms with Crippen molar-refractivity contribution < 1.29 is 41.1 Å². The second-order valence-corrected chi connectivity index (χ2v) is 17.3. The van der Waals surface area contributed by atoms with E-state index < -0.39 is 43.2 Å². The van der Waals surface area contributed by atoms with E-state index in [4.69, 9.17) is 32.7 Å². The van der Waals surface area contributed by atoms with E-state index in [-0.39, 0.29) is 34.4 Å². The van der Waals surface area contributed by atoms with Gasteiger partial charge in [0.25, 0.3) is 25.7 Å². The minimum atomic E-state index is -3.98. The smallest absolute Gasteiger partial charge is 0.432 e. The van der Waals surface area contributed by atoms with Gasteiger partial charge in [0.1, 0.15) is 12.4 Å². The van der Waals surface area contributed by atoms with Gasteiger partial charge < -0.3 is 14.6 Å². The van der Waals surface area contributed by atoms with Crippen LogP contribution in [0.5, 0.6) is 5.75 Å². The summed E-state index contributed by atoms with van der Waals surface area (Å²) in [5.41, 5.74) is 2.85. The Labute approximate surface area is 333 Å². The number of para-hydroxylation sites is 2. The maximum atomic E-state index is 13.6. The summed E-state index contributed by atoms with van der Waals surface area (Å²) in [5, 5.41) is 21.2. The Kier molecular flexibility index (Phi) is 12.5. The molecular weight excluding hydrogens is 805 g/mol. The fourth-order valence-electron chi connectivity index (χ4n) is 6.48. The molecule has 0 aliphatic carbocycles. The summed E-state index contributed by atoms with van der Waals surface area (Å²) >= 11 is 11.8. The average molecular weight is 841 g/mol.